The van der Waals surface area contributed by atoms with E-state index in [4.69, 9.17) is 5.11 Å². The lowest BCUT2D eigenvalue weighted by Crippen LogP contribution is -2.29. The second kappa shape index (κ2) is 7.19. The highest BCUT2D eigenvalue weighted by Gasteiger charge is 2.27. The van der Waals surface area contributed by atoms with Crippen molar-refractivity contribution in [3.63, 3.8) is 0 Å². The number of carbonyl (C=O) groups excluding carboxylic acids is 1. The monoisotopic (exact) mass is 278 g/mol. The van der Waals surface area contributed by atoms with E-state index in [2.05, 4.69) is 22.4 Å². The molecule has 1 aliphatic heterocycles. The number of hydrogen-bond donors (Lipinski definition) is 2. The van der Waals surface area contributed by atoms with Gasteiger partial charge in [-0.3, -0.25) is 4.79 Å². The number of nitrogens with zero attached hydrogens (tertiary/aromatic N) is 3. The minimum Gasteiger partial charge on any atom is -0.396 e. The maximum atomic E-state index is 12.3. The lowest BCUT2D eigenvalue weighted by Gasteiger charge is -2.15. The van der Waals surface area contributed by atoms with Crippen LogP contribution in [0.1, 0.15) is 36.7 Å². The van der Waals surface area contributed by atoms with E-state index in [1.54, 1.807) is 17.0 Å². The Hall–Kier alpha value is -1.69. The van der Waals surface area contributed by atoms with Crippen LogP contribution >= 0.6 is 0 Å². The normalized spacial score (nSPS) is 18.3. The van der Waals surface area contributed by atoms with Crippen molar-refractivity contribution in [3.8, 4) is 0 Å². The Bertz CT molecular complexity index is 435. The van der Waals surface area contributed by atoms with E-state index in [9.17, 15) is 4.79 Å². The van der Waals surface area contributed by atoms with Crippen LogP contribution in [-0.2, 0) is 0 Å². The summed E-state index contributed by atoms with van der Waals surface area (Å²) >= 11 is 0. The minimum atomic E-state index is -0.0695. The lowest BCUT2D eigenvalue weighted by atomic mass is 10.1. The van der Waals surface area contributed by atoms with Gasteiger partial charge in [-0.2, -0.15) is 0 Å². The van der Waals surface area contributed by atoms with Crippen molar-refractivity contribution in [3.05, 3.63) is 17.8 Å². The van der Waals surface area contributed by atoms with Crippen molar-refractivity contribution in [2.75, 3.05) is 31.6 Å². The largest absolute Gasteiger partial charge is 0.396 e. The number of rotatable bonds is 6. The Labute approximate surface area is 119 Å². The first-order chi connectivity index (χ1) is 9.74. The van der Waals surface area contributed by atoms with Gasteiger partial charge in [0.05, 0.1) is 0 Å². The van der Waals surface area contributed by atoms with Gasteiger partial charge in [0.1, 0.15) is 5.82 Å². The van der Waals surface area contributed by atoms with Crippen molar-refractivity contribution < 1.29 is 9.90 Å². The second-order valence-corrected chi connectivity index (χ2v) is 5.15. The minimum absolute atomic E-state index is 0.0695. The topological polar surface area (TPSA) is 78.4 Å². The fourth-order valence-corrected chi connectivity index (χ4v) is 2.39. The van der Waals surface area contributed by atoms with Crippen molar-refractivity contribution in [2.24, 2.45) is 5.92 Å². The summed E-state index contributed by atoms with van der Waals surface area (Å²) in [4.78, 5) is 14.1. The quantitative estimate of drug-likeness (QED) is 0.816. The standard InChI is InChI=1S/C14H22N4O2/c1-2-7-15-13-4-3-12(16-17-13)14(20)18-8-5-11(10-18)6-9-19/h3-4,11,19H,2,5-10H2,1H3,(H,15,17). The highest BCUT2D eigenvalue weighted by molar-refractivity contribution is 5.92. The predicted molar refractivity (Wildman–Crippen MR) is 76.5 cm³/mol. The van der Waals surface area contributed by atoms with E-state index in [0.717, 1.165) is 32.4 Å². The molecule has 1 amide bonds. The number of aromatic nitrogens is 2. The molecule has 2 heterocycles. The molecule has 6 nitrogen and oxygen atoms in total. The molecule has 2 N–H and O–H groups in total. The van der Waals surface area contributed by atoms with Crippen molar-refractivity contribution in [2.45, 2.75) is 26.2 Å². The molecule has 0 aliphatic carbocycles. The van der Waals surface area contributed by atoms with Gasteiger partial charge in [0, 0.05) is 26.2 Å². The fraction of sp³-hybridized carbons (Fsp3) is 0.643. The number of aliphatic hydroxyl groups is 1. The summed E-state index contributed by atoms with van der Waals surface area (Å²) < 4.78 is 0. The van der Waals surface area contributed by atoms with E-state index < -0.39 is 0 Å². The zero-order valence-electron chi connectivity index (χ0n) is 11.9. The molecule has 1 fully saturated rings. The summed E-state index contributed by atoms with van der Waals surface area (Å²) in [7, 11) is 0. The molecule has 1 aromatic heterocycles. The van der Waals surface area contributed by atoms with E-state index in [1.807, 2.05) is 0 Å². The average molecular weight is 278 g/mol. The Kier molecular flexibility index (Phi) is 5.29. The predicted octanol–water partition coefficient (Wildman–Crippen LogP) is 1.14. The number of amides is 1. The third kappa shape index (κ3) is 3.66. The maximum Gasteiger partial charge on any atom is 0.274 e. The van der Waals surface area contributed by atoms with Crippen molar-refractivity contribution in [1.29, 1.82) is 0 Å². The Morgan fingerprint density at radius 1 is 1.50 bits per heavy atom. The van der Waals surface area contributed by atoms with Gasteiger partial charge in [-0.15, -0.1) is 10.2 Å². The smallest absolute Gasteiger partial charge is 0.274 e. The third-order valence-corrected chi connectivity index (χ3v) is 3.55. The molecule has 2 rings (SSSR count). The zero-order chi connectivity index (χ0) is 14.4. The molecular weight excluding hydrogens is 256 g/mol. The van der Waals surface area contributed by atoms with Crippen LogP contribution < -0.4 is 5.32 Å². The lowest BCUT2D eigenvalue weighted by molar-refractivity contribution is 0.0778. The Morgan fingerprint density at radius 3 is 3.00 bits per heavy atom. The summed E-state index contributed by atoms with van der Waals surface area (Å²) in [5.41, 5.74) is 0.386. The maximum absolute atomic E-state index is 12.3. The van der Waals surface area contributed by atoms with Gasteiger partial charge in [0.15, 0.2) is 5.69 Å². The van der Waals surface area contributed by atoms with Crippen LogP contribution in [0.3, 0.4) is 0 Å². The second-order valence-electron chi connectivity index (χ2n) is 5.15. The van der Waals surface area contributed by atoms with Gasteiger partial charge in [-0.05, 0) is 37.3 Å². The van der Waals surface area contributed by atoms with Crippen LogP contribution in [0.15, 0.2) is 12.1 Å². The van der Waals surface area contributed by atoms with Crippen LogP contribution in [0.5, 0.6) is 0 Å². The molecule has 1 aliphatic rings. The van der Waals surface area contributed by atoms with Gasteiger partial charge < -0.3 is 15.3 Å². The third-order valence-electron chi connectivity index (χ3n) is 3.55. The van der Waals surface area contributed by atoms with E-state index in [0.29, 0.717) is 24.0 Å². The molecule has 1 unspecified atom stereocenters. The van der Waals surface area contributed by atoms with Crippen LogP contribution in [-0.4, -0.2) is 52.4 Å². The summed E-state index contributed by atoms with van der Waals surface area (Å²) in [6.45, 7) is 4.55. The summed E-state index contributed by atoms with van der Waals surface area (Å²) in [5, 5.41) is 20.1. The van der Waals surface area contributed by atoms with Gasteiger partial charge in [0.2, 0.25) is 0 Å². The molecule has 0 saturated carbocycles. The molecule has 110 valence electrons. The molecular formula is C14H22N4O2. The molecule has 0 aromatic carbocycles. The Balaban J connectivity index is 1.92. The van der Waals surface area contributed by atoms with Crippen LogP contribution in [0.4, 0.5) is 5.82 Å². The molecule has 0 radical (unpaired) electrons. The van der Waals surface area contributed by atoms with Crippen molar-refractivity contribution in [1.82, 2.24) is 15.1 Å². The van der Waals surface area contributed by atoms with Crippen LogP contribution in [0.2, 0.25) is 0 Å². The summed E-state index contributed by atoms with van der Waals surface area (Å²) in [6.07, 6.45) is 2.73. The molecule has 0 spiro atoms. The van der Waals surface area contributed by atoms with E-state index in [1.165, 1.54) is 0 Å². The summed E-state index contributed by atoms with van der Waals surface area (Å²) in [6, 6.07) is 3.50. The average Bonchev–Trinajstić information content (AvgIpc) is 2.94. The van der Waals surface area contributed by atoms with Gasteiger partial charge in [0.25, 0.3) is 5.91 Å². The summed E-state index contributed by atoms with van der Waals surface area (Å²) in [5.74, 6) is 1.03. The van der Waals surface area contributed by atoms with Gasteiger partial charge in [-0.25, -0.2) is 0 Å². The number of aliphatic hydroxyl groups excluding tert-OH is 1. The molecule has 1 atom stereocenters. The SMILES string of the molecule is CCCNc1ccc(C(=O)N2CCC(CCO)C2)nn1. The number of likely N-dealkylation sites (tertiary alicyclic amines) is 1. The van der Waals surface area contributed by atoms with Gasteiger partial charge >= 0.3 is 0 Å². The first-order valence-corrected chi connectivity index (χ1v) is 7.22. The molecule has 6 heteroatoms. The van der Waals surface area contributed by atoms with E-state index in [-0.39, 0.29) is 12.5 Å². The molecule has 1 saturated heterocycles. The van der Waals surface area contributed by atoms with E-state index >= 15 is 0 Å². The highest BCUT2D eigenvalue weighted by Crippen LogP contribution is 2.20. The first-order valence-electron chi connectivity index (χ1n) is 7.22. The number of nitrogens with one attached hydrogen (secondary N) is 1. The molecule has 20 heavy (non-hydrogen) atoms. The first kappa shape index (κ1) is 14.7. The van der Waals surface area contributed by atoms with Crippen molar-refractivity contribution >= 4 is 11.7 Å². The van der Waals surface area contributed by atoms with Crippen LogP contribution in [0, 0.1) is 5.92 Å². The molecule has 1 aromatic rings. The molecule has 0 bridgehead atoms. The van der Waals surface area contributed by atoms with Gasteiger partial charge in [-0.1, -0.05) is 6.92 Å². The highest BCUT2D eigenvalue weighted by atomic mass is 16.3. The fourth-order valence-electron chi connectivity index (χ4n) is 2.39. The number of hydrogen-bond acceptors (Lipinski definition) is 5. The number of carbonyl (C=O) groups is 1. The Morgan fingerprint density at radius 2 is 2.35 bits per heavy atom. The number of anilines is 1. The van der Waals surface area contributed by atoms with Crippen LogP contribution in [0.25, 0.3) is 0 Å². The zero-order valence-corrected chi connectivity index (χ0v) is 11.9.